The van der Waals surface area contributed by atoms with Crippen LogP contribution in [0.5, 0.6) is 0 Å². The molecule has 0 atom stereocenters. The molecular weight excluding hydrogens is 226 g/mol. The molecule has 3 rings (SSSR count). The number of hydrogen-bond acceptors (Lipinski definition) is 3. The highest BCUT2D eigenvalue weighted by molar-refractivity contribution is 4.96. The van der Waals surface area contributed by atoms with E-state index in [1.807, 2.05) is 0 Å². The first kappa shape index (κ1) is 12.9. The predicted octanol–water partition coefficient (Wildman–Crippen LogP) is 2.21. The van der Waals surface area contributed by atoms with Gasteiger partial charge in [0.2, 0.25) is 0 Å². The molecule has 1 N–H and O–H groups in total. The van der Waals surface area contributed by atoms with Crippen molar-refractivity contribution in [1.29, 1.82) is 0 Å². The summed E-state index contributed by atoms with van der Waals surface area (Å²) < 4.78 is 11.2. The molecule has 18 heavy (non-hydrogen) atoms. The van der Waals surface area contributed by atoms with Crippen molar-refractivity contribution in [1.82, 2.24) is 5.32 Å². The van der Waals surface area contributed by atoms with Crippen LogP contribution in [0.1, 0.15) is 38.5 Å². The second-order valence-corrected chi connectivity index (χ2v) is 6.29. The average Bonchev–Trinajstić information content (AvgIpc) is 3.29. The standard InChI is InChI=1S/C15H27NO2/c1-2-13(1)15(14-3-4-14)16-7-10-18-11-12-5-8-17-9-6-12/h12-16H,1-11H2. The molecule has 0 bridgehead atoms. The third kappa shape index (κ3) is 3.94. The molecule has 2 aliphatic carbocycles. The molecule has 0 unspecified atom stereocenters. The molecule has 3 heteroatoms. The van der Waals surface area contributed by atoms with Crippen LogP contribution in [0.15, 0.2) is 0 Å². The lowest BCUT2D eigenvalue weighted by atomic mass is 10.0. The first-order valence-corrected chi connectivity index (χ1v) is 7.82. The molecule has 1 saturated heterocycles. The number of ether oxygens (including phenoxy) is 2. The van der Waals surface area contributed by atoms with E-state index in [4.69, 9.17) is 9.47 Å². The summed E-state index contributed by atoms with van der Waals surface area (Å²) in [5.74, 6) is 2.72. The van der Waals surface area contributed by atoms with Gasteiger partial charge in [-0.3, -0.25) is 0 Å². The lowest BCUT2D eigenvalue weighted by molar-refractivity contribution is 0.0209. The van der Waals surface area contributed by atoms with E-state index in [-0.39, 0.29) is 0 Å². The second-order valence-electron chi connectivity index (χ2n) is 6.29. The van der Waals surface area contributed by atoms with Gasteiger partial charge in [0, 0.05) is 32.4 Å². The summed E-state index contributed by atoms with van der Waals surface area (Å²) in [7, 11) is 0. The van der Waals surface area contributed by atoms with Gasteiger partial charge in [-0.05, 0) is 56.3 Å². The molecule has 1 aliphatic heterocycles. The summed E-state index contributed by atoms with van der Waals surface area (Å²) in [6.07, 6.45) is 8.18. The fourth-order valence-electron chi connectivity index (χ4n) is 3.09. The molecule has 0 aromatic carbocycles. The van der Waals surface area contributed by atoms with Crippen LogP contribution in [-0.2, 0) is 9.47 Å². The van der Waals surface area contributed by atoms with Gasteiger partial charge >= 0.3 is 0 Å². The van der Waals surface area contributed by atoms with Gasteiger partial charge in [0.25, 0.3) is 0 Å². The van der Waals surface area contributed by atoms with Crippen molar-refractivity contribution in [3.63, 3.8) is 0 Å². The van der Waals surface area contributed by atoms with Gasteiger partial charge in [-0.15, -0.1) is 0 Å². The first-order valence-electron chi connectivity index (χ1n) is 7.82. The van der Waals surface area contributed by atoms with E-state index in [9.17, 15) is 0 Å². The molecule has 0 spiro atoms. The molecule has 3 aliphatic rings. The summed E-state index contributed by atoms with van der Waals surface area (Å²) in [5, 5.41) is 3.73. The van der Waals surface area contributed by atoms with E-state index >= 15 is 0 Å². The van der Waals surface area contributed by atoms with Crippen molar-refractivity contribution in [3.8, 4) is 0 Å². The van der Waals surface area contributed by atoms with Gasteiger partial charge < -0.3 is 14.8 Å². The Bertz CT molecular complexity index is 233. The summed E-state index contributed by atoms with van der Waals surface area (Å²) in [6, 6.07) is 0.816. The number of hydrogen-bond donors (Lipinski definition) is 1. The number of rotatable bonds is 8. The van der Waals surface area contributed by atoms with Crippen molar-refractivity contribution < 1.29 is 9.47 Å². The Morgan fingerprint density at radius 3 is 2.28 bits per heavy atom. The monoisotopic (exact) mass is 253 g/mol. The van der Waals surface area contributed by atoms with Crippen LogP contribution < -0.4 is 5.32 Å². The molecule has 3 nitrogen and oxygen atoms in total. The largest absolute Gasteiger partial charge is 0.381 e. The second kappa shape index (κ2) is 6.36. The maximum Gasteiger partial charge on any atom is 0.0591 e. The van der Waals surface area contributed by atoms with Crippen molar-refractivity contribution in [2.45, 2.75) is 44.6 Å². The molecule has 0 aromatic heterocycles. The minimum atomic E-state index is 0.737. The van der Waals surface area contributed by atoms with Gasteiger partial charge in [0.1, 0.15) is 0 Å². The molecule has 2 saturated carbocycles. The van der Waals surface area contributed by atoms with E-state index in [1.54, 1.807) is 0 Å². The molecule has 0 aromatic rings. The van der Waals surface area contributed by atoms with Gasteiger partial charge in [-0.2, -0.15) is 0 Å². The lowest BCUT2D eigenvalue weighted by Gasteiger charge is -2.22. The van der Waals surface area contributed by atoms with Crippen LogP contribution in [0.3, 0.4) is 0 Å². The van der Waals surface area contributed by atoms with Crippen molar-refractivity contribution in [2.24, 2.45) is 17.8 Å². The van der Waals surface area contributed by atoms with Gasteiger partial charge in [0.05, 0.1) is 6.61 Å². The quantitative estimate of drug-likeness (QED) is 0.673. The summed E-state index contributed by atoms with van der Waals surface area (Å²) in [4.78, 5) is 0. The molecule has 0 amide bonds. The zero-order valence-corrected chi connectivity index (χ0v) is 11.4. The topological polar surface area (TPSA) is 30.5 Å². The zero-order chi connectivity index (χ0) is 12.2. The molecule has 3 fully saturated rings. The maximum atomic E-state index is 5.81. The molecule has 104 valence electrons. The third-order valence-corrected chi connectivity index (χ3v) is 4.58. The smallest absolute Gasteiger partial charge is 0.0591 e. The normalized spacial score (nSPS) is 25.8. The fourth-order valence-corrected chi connectivity index (χ4v) is 3.09. The minimum Gasteiger partial charge on any atom is -0.381 e. The average molecular weight is 253 g/mol. The third-order valence-electron chi connectivity index (χ3n) is 4.58. The van der Waals surface area contributed by atoms with E-state index < -0.39 is 0 Å². The van der Waals surface area contributed by atoms with Crippen molar-refractivity contribution in [3.05, 3.63) is 0 Å². The number of nitrogens with one attached hydrogen (secondary N) is 1. The Morgan fingerprint density at radius 2 is 1.67 bits per heavy atom. The maximum absolute atomic E-state index is 5.81. The van der Waals surface area contributed by atoms with Crippen LogP contribution in [-0.4, -0.2) is 39.0 Å². The first-order chi connectivity index (χ1) is 8.93. The van der Waals surface area contributed by atoms with Gasteiger partial charge in [-0.1, -0.05) is 0 Å². The molecule has 0 radical (unpaired) electrons. The molecule has 1 heterocycles. The van der Waals surface area contributed by atoms with E-state index in [0.717, 1.165) is 56.8 Å². The highest BCUT2D eigenvalue weighted by atomic mass is 16.5. The fraction of sp³-hybridized carbons (Fsp3) is 1.00. The van der Waals surface area contributed by atoms with Crippen LogP contribution in [0, 0.1) is 17.8 Å². The van der Waals surface area contributed by atoms with Crippen molar-refractivity contribution >= 4 is 0 Å². The van der Waals surface area contributed by atoms with E-state index in [0.29, 0.717) is 0 Å². The van der Waals surface area contributed by atoms with Crippen molar-refractivity contribution in [2.75, 3.05) is 33.0 Å². The van der Waals surface area contributed by atoms with Crippen LogP contribution in [0.2, 0.25) is 0 Å². The van der Waals surface area contributed by atoms with Crippen LogP contribution >= 0.6 is 0 Å². The summed E-state index contributed by atoms with van der Waals surface area (Å²) in [6.45, 7) is 4.71. The highest BCUT2D eigenvalue weighted by Gasteiger charge is 2.40. The Kier molecular flexibility index (Phi) is 4.55. The van der Waals surface area contributed by atoms with Gasteiger partial charge in [0.15, 0.2) is 0 Å². The van der Waals surface area contributed by atoms with Gasteiger partial charge in [-0.25, -0.2) is 0 Å². The Morgan fingerprint density at radius 1 is 1.00 bits per heavy atom. The Balaban J connectivity index is 1.23. The SMILES string of the molecule is C(COCC1CCOCC1)NC(C1CC1)C1CC1. The Hall–Kier alpha value is -0.120. The van der Waals surface area contributed by atoms with Crippen LogP contribution in [0.4, 0.5) is 0 Å². The Labute approximate surface area is 111 Å². The highest BCUT2D eigenvalue weighted by Crippen LogP contribution is 2.44. The zero-order valence-electron chi connectivity index (χ0n) is 11.4. The van der Waals surface area contributed by atoms with E-state index in [1.165, 1.54) is 38.5 Å². The van der Waals surface area contributed by atoms with Crippen LogP contribution in [0.25, 0.3) is 0 Å². The predicted molar refractivity (Wildman–Crippen MR) is 71.6 cm³/mol. The summed E-state index contributed by atoms with van der Waals surface area (Å²) >= 11 is 0. The minimum absolute atomic E-state index is 0.737. The van der Waals surface area contributed by atoms with E-state index in [2.05, 4.69) is 5.32 Å². The summed E-state index contributed by atoms with van der Waals surface area (Å²) in [5.41, 5.74) is 0. The molecular formula is C15H27NO2. The lowest BCUT2D eigenvalue weighted by Crippen LogP contribution is -2.35.